The smallest absolute Gasteiger partial charge is 0.123 e. The minimum absolute atomic E-state index is 0.175. The quantitative estimate of drug-likeness (QED) is 0.835. The fraction of sp³-hybridized carbons (Fsp3) is 0.231. The summed E-state index contributed by atoms with van der Waals surface area (Å²) in [5, 5.41) is 0. The lowest BCUT2D eigenvalue weighted by Crippen LogP contribution is -2.25. The van der Waals surface area contributed by atoms with Gasteiger partial charge in [0.15, 0.2) is 0 Å². The summed E-state index contributed by atoms with van der Waals surface area (Å²) in [6.45, 7) is 2.07. The molecule has 1 N–H and O–H groups in total. The highest BCUT2D eigenvalue weighted by Gasteiger charge is 2.03. The molecule has 0 radical (unpaired) electrons. The summed E-state index contributed by atoms with van der Waals surface area (Å²) in [6.07, 6.45) is 4.69. The fourth-order valence-electron chi connectivity index (χ4n) is 1.74. The molecule has 0 bridgehead atoms. The molecule has 84 valence electrons. The van der Waals surface area contributed by atoms with E-state index in [0.29, 0.717) is 0 Å². The van der Waals surface area contributed by atoms with E-state index in [4.69, 9.17) is 0 Å². The Kier molecular flexibility index (Phi) is 3.25. The maximum atomic E-state index is 13.0. The van der Waals surface area contributed by atoms with Gasteiger partial charge in [0, 0.05) is 18.4 Å². The van der Waals surface area contributed by atoms with E-state index < -0.39 is 0 Å². The number of hydrogen-bond acceptors (Lipinski definition) is 1. The summed E-state index contributed by atoms with van der Waals surface area (Å²) >= 11 is 0. The molecule has 0 aliphatic heterocycles. The van der Waals surface area contributed by atoms with Gasteiger partial charge in [0.1, 0.15) is 5.82 Å². The second-order valence-corrected chi connectivity index (χ2v) is 3.95. The molecular formula is C13H15FN2. The topological polar surface area (TPSA) is 17.0 Å². The summed E-state index contributed by atoms with van der Waals surface area (Å²) in [4.78, 5) is 0. The first kappa shape index (κ1) is 10.7. The first-order chi connectivity index (χ1) is 7.74. The number of benzene rings is 1. The lowest BCUT2D eigenvalue weighted by Gasteiger charge is -2.16. The van der Waals surface area contributed by atoms with Crippen LogP contribution < -0.4 is 5.43 Å². The van der Waals surface area contributed by atoms with E-state index in [1.165, 1.54) is 6.07 Å². The van der Waals surface area contributed by atoms with Crippen LogP contribution in [-0.4, -0.2) is 10.7 Å². The van der Waals surface area contributed by atoms with Gasteiger partial charge in [0.25, 0.3) is 0 Å². The van der Waals surface area contributed by atoms with Crippen molar-refractivity contribution in [1.82, 2.24) is 4.68 Å². The van der Waals surface area contributed by atoms with E-state index in [1.807, 2.05) is 35.3 Å². The molecule has 1 unspecified atom stereocenters. The highest BCUT2D eigenvalue weighted by Crippen LogP contribution is 2.06. The zero-order chi connectivity index (χ0) is 11.4. The Morgan fingerprint density at radius 3 is 2.69 bits per heavy atom. The fourth-order valence-corrected chi connectivity index (χ4v) is 1.74. The highest BCUT2D eigenvalue weighted by molar-refractivity contribution is 5.17. The Bertz CT molecular complexity index is 437. The second kappa shape index (κ2) is 4.84. The zero-order valence-corrected chi connectivity index (χ0v) is 9.23. The average Bonchev–Trinajstić information content (AvgIpc) is 2.70. The first-order valence-corrected chi connectivity index (χ1v) is 5.38. The Morgan fingerprint density at radius 1 is 1.25 bits per heavy atom. The largest absolute Gasteiger partial charge is 0.323 e. The zero-order valence-electron chi connectivity index (χ0n) is 9.23. The van der Waals surface area contributed by atoms with Crippen molar-refractivity contribution in [2.24, 2.45) is 0 Å². The molecule has 0 fully saturated rings. The Labute approximate surface area is 94.7 Å². The van der Waals surface area contributed by atoms with Crippen LogP contribution in [0.25, 0.3) is 0 Å². The van der Waals surface area contributed by atoms with Crippen LogP contribution in [0.15, 0.2) is 48.8 Å². The molecule has 0 saturated heterocycles. The van der Waals surface area contributed by atoms with Crippen LogP contribution in [0.2, 0.25) is 0 Å². The maximum absolute atomic E-state index is 13.0. The van der Waals surface area contributed by atoms with Gasteiger partial charge in [-0.15, -0.1) is 0 Å². The standard InChI is InChI=1S/C13H15FN2/c1-11(15-16-7-2-3-8-16)9-12-5-4-6-13(14)10-12/h2-8,10-11,15H,9H2,1H3. The molecule has 0 saturated carbocycles. The maximum Gasteiger partial charge on any atom is 0.123 e. The van der Waals surface area contributed by atoms with Crippen molar-refractivity contribution in [2.75, 3.05) is 5.43 Å². The Morgan fingerprint density at radius 2 is 2.00 bits per heavy atom. The molecule has 1 heterocycles. The van der Waals surface area contributed by atoms with Gasteiger partial charge in [-0.2, -0.15) is 0 Å². The van der Waals surface area contributed by atoms with E-state index in [9.17, 15) is 4.39 Å². The Hall–Kier alpha value is -1.77. The second-order valence-electron chi connectivity index (χ2n) is 3.95. The SMILES string of the molecule is CC(Cc1cccc(F)c1)Nn1cccc1. The van der Waals surface area contributed by atoms with Crippen molar-refractivity contribution in [2.45, 2.75) is 19.4 Å². The van der Waals surface area contributed by atoms with Crippen molar-refractivity contribution in [3.8, 4) is 0 Å². The Balaban J connectivity index is 1.94. The molecule has 2 aromatic rings. The summed E-state index contributed by atoms with van der Waals surface area (Å²) in [7, 11) is 0. The molecule has 1 atom stereocenters. The van der Waals surface area contributed by atoms with Crippen molar-refractivity contribution in [3.63, 3.8) is 0 Å². The van der Waals surface area contributed by atoms with Crippen LogP contribution in [0.3, 0.4) is 0 Å². The third-order valence-electron chi connectivity index (χ3n) is 2.40. The molecule has 2 rings (SSSR count). The minimum Gasteiger partial charge on any atom is -0.323 e. The van der Waals surface area contributed by atoms with Gasteiger partial charge >= 0.3 is 0 Å². The molecule has 1 aromatic heterocycles. The predicted molar refractivity (Wildman–Crippen MR) is 63.4 cm³/mol. The highest BCUT2D eigenvalue weighted by atomic mass is 19.1. The van der Waals surface area contributed by atoms with Crippen LogP contribution in [0.1, 0.15) is 12.5 Å². The summed E-state index contributed by atoms with van der Waals surface area (Å²) in [6, 6.07) is 10.9. The molecule has 0 spiro atoms. The monoisotopic (exact) mass is 218 g/mol. The van der Waals surface area contributed by atoms with Crippen molar-refractivity contribution < 1.29 is 4.39 Å². The average molecular weight is 218 g/mol. The van der Waals surface area contributed by atoms with Gasteiger partial charge in [-0.25, -0.2) is 4.39 Å². The number of nitrogens with zero attached hydrogens (tertiary/aromatic N) is 1. The van der Waals surface area contributed by atoms with Gasteiger partial charge in [0.05, 0.1) is 0 Å². The van der Waals surface area contributed by atoms with Crippen LogP contribution in [-0.2, 0) is 6.42 Å². The van der Waals surface area contributed by atoms with Crippen LogP contribution in [0.5, 0.6) is 0 Å². The number of aromatic nitrogens is 1. The van der Waals surface area contributed by atoms with E-state index in [0.717, 1.165) is 12.0 Å². The number of halogens is 1. The van der Waals surface area contributed by atoms with Crippen molar-refractivity contribution in [1.29, 1.82) is 0 Å². The molecule has 1 aromatic carbocycles. The molecule has 2 nitrogen and oxygen atoms in total. The van der Waals surface area contributed by atoms with Gasteiger partial charge in [0.2, 0.25) is 0 Å². The van der Waals surface area contributed by atoms with E-state index in [-0.39, 0.29) is 11.9 Å². The van der Waals surface area contributed by atoms with Crippen LogP contribution >= 0.6 is 0 Å². The van der Waals surface area contributed by atoms with Crippen molar-refractivity contribution in [3.05, 3.63) is 60.2 Å². The minimum atomic E-state index is -0.175. The van der Waals surface area contributed by atoms with Crippen LogP contribution in [0, 0.1) is 5.82 Å². The number of rotatable bonds is 4. The molecule has 0 amide bonds. The normalized spacial score (nSPS) is 12.4. The van der Waals surface area contributed by atoms with Gasteiger partial charge in [-0.1, -0.05) is 12.1 Å². The summed E-state index contributed by atoms with van der Waals surface area (Å²) in [5.41, 5.74) is 4.29. The molecule has 0 aliphatic carbocycles. The lowest BCUT2D eigenvalue weighted by molar-refractivity contribution is 0.621. The lowest BCUT2D eigenvalue weighted by atomic mass is 10.1. The third-order valence-corrected chi connectivity index (χ3v) is 2.40. The van der Waals surface area contributed by atoms with Gasteiger partial charge in [-0.3, -0.25) is 4.68 Å². The molecule has 3 heteroatoms. The summed E-state index contributed by atoms with van der Waals surface area (Å²) < 4.78 is 14.9. The van der Waals surface area contributed by atoms with E-state index in [2.05, 4.69) is 12.3 Å². The number of hydrogen-bond donors (Lipinski definition) is 1. The molecule has 0 aliphatic rings. The van der Waals surface area contributed by atoms with Crippen molar-refractivity contribution >= 4 is 0 Å². The predicted octanol–water partition coefficient (Wildman–Crippen LogP) is 2.80. The van der Waals surface area contributed by atoms with E-state index in [1.54, 1.807) is 12.1 Å². The third kappa shape index (κ3) is 2.86. The van der Waals surface area contributed by atoms with Gasteiger partial charge in [-0.05, 0) is 43.2 Å². The number of nitrogens with one attached hydrogen (secondary N) is 1. The summed E-state index contributed by atoms with van der Waals surface area (Å²) in [5.74, 6) is -0.175. The first-order valence-electron chi connectivity index (χ1n) is 5.38. The van der Waals surface area contributed by atoms with Gasteiger partial charge < -0.3 is 5.43 Å². The van der Waals surface area contributed by atoms with Crippen LogP contribution in [0.4, 0.5) is 4.39 Å². The molecule has 16 heavy (non-hydrogen) atoms. The molecular weight excluding hydrogens is 203 g/mol. The van der Waals surface area contributed by atoms with E-state index >= 15 is 0 Å².